The summed E-state index contributed by atoms with van der Waals surface area (Å²) in [7, 11) is 1.46. The highest BCUT2D eigenvalue weighted by Crippen LogP contribution is 2.39. The van der Waals surface area contributed by atoms with E-state index in [0.717, 1.165) is 24.9 Å². The normalized spacial score (nSPS) is 29.8. The van der Waals surface area contributed by atoms with Gasteiger partial charge in [0.05, 0.1) is 7.11 Å². The first-order valence-corrected chi connectivity index (χ1v) is 7.45. The Morgan fingerprint density at radius 1 is 1.25 bits per heavy atom. The average molecular weight is 296 g/mol. The van der Waals surface area contributed by atoms with Gasteiger partial charge < -0.3 is 10.1 Å². The van der Waals surface area contributed by atoms with E-state index in [1.165, 1.54) is 7.11 Å². The molecule has 1 fully saturated rings. The van der Waals surface area contributed by atoms with Gasteiger partial charge in [-0.05, 0) is 55.4 Å². The molecule has 4 heteroatoms. The van der Waals surface area contributed by atoms with Crippen LogP contribution in [0.4, 0.5) is 5.69 Å². The van der Waals surface area contributed by atoms with Gasteiger partial charge >= 0.3 is 5.97 Å². The van der Waals surface area contributed by atoms with Gasteiger partial charge in [-0.25, -0.2) is 4.79 Å². The van der Waals surface area contributed by atoms with Crippen LogP contribution in [0.25, 0.3) is 0 Å². The zero-order valence-electron chi connectivity index (χ0n) is 12.3. The molecule has 0 amide bonds. The molecular formula is C16H22ClNO2. The first kappa shape index (κ1) is 15.2. The molecule has 1 aromatic carbocycles. The number of hydrogen-bond donors (Lipinski definition) is 1. The zero-order valence-corrected chi connectivity index (χ0v) is 13.0. The fourth-order valence-electron chi connectivity index (χ4n) is 3.45. The van der Waals surface area contributed by atoms with Crippen LogP contribution in [0.15, 0.2) is 24.3 Å². The van der Waals surface area contributed by atoms with E-state index in [2.05, 4.69) is 19.2 Å². The van der Waals surface area contributed by atoms with Crippen LogP contribution in [0.5, 0.6) is 0 Å². The van der Waals surface area contributed by atoms with Crippen molar-refractivity contribution < 1.29 is 9.53 Å². The molecule has 110 valence electrons. The van der Waals surface area contributed by atoms with E-state index >= 15 is 0 Å². The van der Waals surface area contributed by atoms with Crippen molar-refractivity contribution in [1.82, 2.24) is 0 Å². The molecule has 0 aromatic heterocycles. The van der Waals surface area contributed by atoms with Gasteiger partial charge in [0.2, 0.25) is 0 Å². The number of carbonyl (C=O) groups excluding carboxylic acids is 1. The number of rotatable bonds is 3. The Kier molecular flexibility index (Phi) is 4.59. The number of halogens is 1. The third-order valence-corrected chi connectivity index (χ3v) is 4.25. The standard InChI is InChI=1S/C16H22ClNO2/c1-11-8-12(2)10-16(9-11,15(19)20-3)18-14-6-4-13(17)5-7-14/h4-7,11-12,18H,8-10H2,1-3H3. The van der Waals surface area contributed by atoms with Crippen molar-refractivity contribution in [3.05, 3.63) is 29.3 Å². The maximum absolute atomic E-state index is 12.3. The summed E-state index contributed by atoms with van der Waals surface area (Å²) in [6.45, 7) is 4.38. The molecule has 0 radical (unpaired) electrons. The number of carbonyl (C=O) groups is 1. The van der Waals surface area contributed by atoms with Crippen molar-refractivity contribution in [2.75, 3.05) is 12.4 Å². The van der Waals surface area contributed by atoms with Crippen LogP contribution in [-0.4, -0.2) is 18.6 Å². The number of ether oxygens (including phenoxy) is 1. The number of methoxy groups -OCH3 is 1. The molecule has 0 bridgehead atoms. The SMILES string of the molecule is COC(=O)C1(Nc2ccc(Cl)cc2)CC(C)CC(C)C1. The summed E-state index contributed by atoms with van der Waals surface area (Å²) in [5.41, 5.74) is 0.278. The summed E-state index contributed by atoms with van der Waals surface area (Å²) in [6.07, 6.45) is 2.75. The van der Waals surface area contributed by atoms with Crippen LogP contribution >= 0.6 is 11.6 Å². The molecule has 1 aliphatic rings. The molecule has 0 aliphatic heterocycles. The molecule has 0 heterocycles. The van der Waals surface area contributed by atoms with E-state index < -0.39 is 5.54 Å². The predicted molar refractivity (Wildman–Crippen MR) is 82.0 cm³/mol. The summed E-state index contributed by atoms with van der Waals surface area (Å²) in [6, 6.07) is 7.45. The summed E-state index contributed by atoms with van der Waals surface area (Å²) < 4.78 is 5.06. The monoisotopic (exact) mass is 295 g/mol. The molecule has 0 spiro atoms. The summed E-state index contributed by atoms with van der Waals surface area (Å²) >= 11 is 5.91. The van der Waals surface area contributed by atoms with Crippen molar-refractivity contribution >= 4 is 23.3 Å². The lowest BCUT2D eigenvalue weighted by molar-refractivity contribution is -0.148. The second-order valence-electron chi connectivity index (χ2n) is 6.06. The van der Waals surface area contributed by atoms with E-state index in [1.54, 1.807) is 0 Å². The minimum atomic E-state index is -0.625. The minimum absolute atomic E-state index is 0.175. The van der Waals surface area contributed by atoms with Gasteiger partial charge in [-0.1, -0.05) is 25.4 Å². The third-order valence-electron chi connectivity index (χ3n) is 4.00. The third kappa shape index (κ3) is 3.26. The van der Waals surface area contributed by atoms with Gasteiger partial charge in [-0.2, -0.15) is 0 Å². The van der Waals surface area contributed by atoms with Gasteiger partial charge in [0.15, 0.2) is 0 Å². The summed E-state index contributed by atoms with van der Waals surface area (Å²) in [5.74, 6) is 0.821. The number of esters is 1. The van der Waals surface area contributed by atoms with E-state index in [9.17, 15) is 4.79 Å². The fraction of sp³-hybridized carbons (Fsp3) is 0.562. The zero-order chi connectivity index (χ0) is 14.8. The highest BCUT2D eigenvalue weighted by atomic mass is 35.5. The van der Waals surface area contributed by atoms with Crippen molar-refractivity contribution in [3.63, 3.8) is 0 Å². The van der Waals surface area contributed by atoms with E-state index in [-0.39, 0.29) is 5.97 Å². The molecule has 2 rings (SSSR count). The summed E-state index contributed by atoms with van der Waals surface area (Å²) in [4.78, 5) is 12.3. The number of hydrogen-bond acceptors (Lipinski definition) is 3. The molecule has 2 unspecified atom stereocenters. The van der Waals surface area contributed by atoms with Crippen molar-refractivity contribution in [2.45, 2.75) is 38.6 Å². The molecule has 0 saturated heterocycles. The maximum atomic E-state index is 12.3. The van der Waals surface area contributed by atoms with Crippen LogP contribution in [-0.2, 0) is 9.53 Å². The van der Waals surface area contributed by atoms with E-state index in [1.807, 2.05) is 24.3 Å². The quantitative estimate of drug-likeness (QED) is 0.853. The smallest absolute Gasteiger partial charge is 0.331 e. The molecule has 20 heavy (non-hydrogen) atoms. The Labute approximate surface area is 125 Å². The van der Waals surface area contributed by atoms with E-state index in [4.69, 9.17) is 16.3 Å². The van der Waals surface area contributed by atoms with E-state index in [0.29, 0.717) is 16.9 Å². The summed E-state index contributed by atoms with van der Waals surface area (Å²) in [5, 5.41) is 4.09. The molecule has 1 aliphatic carbocycles. The number of anilines is 1. The Balaban J connectivity index is 2.27. The van der Waals surface area contributed by atoms with Gasteiger partial charge in [-0.15, -0.1) is 0 Å². The maximum Gasteiger partial charge on any atom is 0.331 e. The van der Waals surface area contributed by atoms with Crippen molar-refractivity contribution in [2.24, 2.45) is 11.8 Å². The fourth-order valence-corrected chi connectivity index (χ4v) is 3.58. The Bertz CT molecular complexity index is 462. The molecule has 2 atom stereocenters. The topological polar surface area (TPSA) is 38.3 Å². The number of nitrogens with one attached hydrogen (secondary N) is 1. The first-order valence-electron chi connectivity index (χ1n) is 7.07. The molecular weight excluding hydrogens is 274 g/mol. The molecule has 3 nitrogen and oxygen atoms in total. The Hall–Kier alpha value is -1.22. The first-order chi connectivity index (χ1) is 9.45. The average Bonchev–Trinajstić information content (AvgIpc) is 2.39. The van der Waals surface area contributed by atoms with Gasteiger partial charge in [0.25, 0.3) is 0 Å². The number of benzene rings is 1. The molecule has 1 N–H and O–H groups in total. The van der Waals surface area contributed by atoms with Crippen LogP contribution in [0, 0.1) is 11.8 Å². The van der Waals surface area contributed by atoms with Gasteiger partial charge in [0, 0.05) is 10.7 Å². The Morgan fingerprint density at radius 3 is 2.30 bits per heavy atom. The largest absolute Gasteiger partial charge is 0.467 e. The lowest BCUT2D eigenvalue weighted by Crippen LogP contribution is -2.52. The highest BCUT2D eigenvalue weighted by Gasteiger charge is 2.45. The highest BCUT2D eigenvalue weighted by molar-refractivity contribution is 6.30. The second kappa shape index (κ2) is 6.04. The second-order valence-corrected chi connectivity index (χ2v) is 6.50. The molecule has 1 saturated carbocycles. The van der Waals surface area contributed by atoms with Gasteiger partial charge in [0.1, 0.15) is 5.54 Å². The van der Waals surface area contributed by atoms with Crippen LogP contribution in [0.2, 0.25) is 5.02 Å². The van der Waals surface area contributed by atoms with Crippen LogP contribution in [0.1, 0.15) is 33.1 Å². The minimum Gasteiger partial charge on any atom is -0.467 e. The van der Waals surface area contributed by atoms with Crippen molar-refractivity contribution in [3.8, 4) is 0 Å². The van der Waals surface area contributed by atoms with Crippen LogP contribution < -0.4 is 5.32 Å². The lowest BCUT2D eigenvalue weighted by atomic mass is 9.71. The predicted octanol–water partition coefficient (Wildman–Crippen LogP) is 4.12. The van der Waals surface area contributed by atoms with Crippen LogP contribution in [0.3, 0.4) is 0 Å². The van der Waals surface area contributed by atoms with Crippen molar-refractivity contribution in [1.29, 1.82) is 0 Å². The lowest BCUT2D eigenvalue weighted by Gasteiger charge is -2.41. The van der Waals surface area contributed by atoms with Gasteiger partial charge in [-0.3, -0.25) is 0 Å². The Morgan fingerprint density at radius 2 is 1.80 bits per heavy atom. The molecule has 1 aromatic rings.